The summed E-state index contributed by atoms with van der Waals surface area (Å²) in [5.41, 5.74) is 1.02. The molecule has 3 rings (SSSR count). The molecule has 0 saturated carbocycles. The van der Waals surface area contributed by atoms with Crippen molar-refractivity contribution < 1.29 is 5.11 Å². The lowest BCUT2D eigenvalue weighted by molar-refractivity contribution is 0.0674. The molecule has 1 fully saturated rings. The van der Waals surface area contributed by atoms with Gasteiger partial charge in [0.2, 0.25) is 0 Å². The smallest absolute Gasteiger partial charge is 0.131 e. The third-order valence-electron chi connectivity index (χ3n) is 3.77. The van der Waals surface area contributed by atoms with Crippen molar-refractivity contribution in [2.45, 2.75) is 11.6 Å². The Morgan fingerprint density at radius 2 is 1.33 bits per heavy atom. The second kappa shape index (κ2) is 4.23. The molecule has 2 nitrogen and oxygen atoms in total. The zero-order valence-electron chi connectivity index (χ0n) is 10.5. The molecule has 2 aromatic rings. The summed E-state index contributed by atoms with van der Waals surface area (Å²) < 4.78 is 0. The first-order valence-electron chi connectivity index (χ1n) is 6.26. The van der Waals surface area contributed by atoms with Gasteiger partial charge in [-0.3, -0.25) is 4.90 Å². The van der Waals surface area contributed by atoms with Gasteiger partial charge in [0.1, 0.15) is 5.60 Å². The highest BCUT2D eigenvalue weighted by atomic mass is 16.3. The second-order valence-electron chi connectivity index (χ2n) is 4.95. The average molecular weight is 239 g/mol. The van der Waals surface area contributed by atoms with E-state index in [9.17, 15) is 5.11 Å². The van der Waals surface area contributed by atoms with Crippen LogP contribution in [-0.2, 0) is 5.60 Å². The van der Waals surface area contributed by atoms with E-state index in [-0.39, 0.29) is 6.04 Å². The molecule has 92 valence electrons. The number of nitrogens with zero attached hydrogens (tertiary/aromatic N) is 1. The van der Waals surface area contributed by atoms with Gasteiger partial charge < -0.3 is 5.11 Å². The summed E-state index contributed by atoms with van der Waals surface area (Å²) in [6.07, 6.45) is 0. The molecule has 0 aliphatic carbocycles. The molecular weight excluding hydrogens is 222 g/mol. The maximum Gasteiger partial charge on any atom is 0.131 e. The van der Waals surface area contributed by atoms with Crippen molar-refractivity contribution in [2.75, 3.05) is 13.6 Å². The predicted molar refractivity (Wildman–Crippen MR) is 72.3 cm³/mol. The van der Waals surface area contributed by atoms with Gasteiger partial charge in [0.05, 0.1) is 6.04 Å². The van der Waals surface area contributed by atoms with Crippen LogP contribution in [0.5, 0.6) is 0 Å². The van der Waals surface area contributed by atoms with Crippen LogP contribution in [0.4, 0.5) is 0 Å². The lowest BCUT2D eigenvalue weighted by Gasteiger charge is -2.29. The molecular formula is C16H17NO. The number of likely N-dealkylation sites (N-methyl/N-ethyl adjacent to an activating group) is 1. The summed E-state index contributed by atoms with van der Waals surface area (Å²) in [4.78, 5) is 2.17. The Bertz CT molecular complexity index is 484. The Balaban J connectivity index is 2.11. The Hall–Kier alpha value is -1.64. The third-order valence-corrected chi connectivity index (χ3v) is 3.77. The van der Waals surface area contributed by atoms with Crippen LogP contribution in [0.1, 0.15) is 11.1 Å². The standard InChI is InChI=1S/C16H17NO/c1-17-12-15(17)16(18,13-8-4-2-5-9-13)14-10-6-3-7-11-14/h2-11,15,18H,12H2,1H3/t15-,17?/m0/s1. The molecule has 1 aliphatic heterocycles. The van der Waals surface area contributed by atoms with E-state index in [4.69, 9.17) is 0 Å². The van der Waals surface area contributed by atoms with Crippen molar-refractivity contribution in [3.05, 3.63) is 71.8 Å². The topological polar surface area (TPSA) is 23.2 Å². The first-order valence-corrected chi connectivity index (χ1v) is 6.26. The first-order chi connectivity index (χ1) is 8.73. The minimum atomic E-state index is -0.905. The van der Waals surface area contributed by atoms with Gasteiger partial charge >= 0.3 is 0 Å². The molecule has 1 heterocycles. The fraction of sp³-hybridized carbons (Fsp3) is 0.250. The molecule has 2 aromatic carbocycles. The molecule has 1 N–H and O–H groups in total. The third kappa shape index (κ3) is 1.74. The van der Waals surface area contributed by atoms with E-state index in [1.807, 2.05) is 67.7 Å². The van der Waals surface area contributed by atoms with E-state index in [2.05, 4.69) is 4.90 Å². The maximum absolute atomic E-state index is 11.2. The highest BCUT2D eigenvalue weighted by molar-refractivity contribution is 5.40. The highest BCUT2D eigenvalue weighted by Crippen LogP contribution is 2.40. The van der Waals surface area contributed by atoms with Crippen LogP contribution in [0.3, 0.4) is 0 Å². The lowest BCUT2D eigenvalue weighted by Crippen LogP contribution is -2.35. The second-order valence-corrected chi connectivity index (χ2v) is 4.95. The predicted octanol–water partition coefficient (Wildman–Crippen LogP) is 2.24. The van der Waals surface area contributed by atoms with Crippen LogP contribution >= 0.6 is 0 Å². The SMILES string of the molecule is CN1C[C@H]1C(O)(c1ccccc1)c1ccccc1. The molecule has 0 aromatic heterocycles. The largest absolute Gasteiger partial charge is 0.379 e. The van der Waals surface area contributed by atoms with Crippen LogP contribution in [0.25, 0.3) is 0 Å². The van der Waals surface area contributed by atoms with Gasteiger partial charge in [0, 0.05) is 6.54 Å². The van der Waals surface area contributed by atoms with Crippen molar-refractivity contribution >= 4 is 0 Å². The number of hydrogen-bond donors (Lipinski definition) is 1. The zero-order valence-corrected chi connectivity index (χ0v) is 10.5. The summed E-state index contributed by atoms with van der Waals surface area (Å²) in [5.74, 6) is 0. The van der Waals surface area contributed by atoms with E-state index >= 15 is 0 Å². The van der Waals surface area contributed by atoms with E-state index in [0.29, 0.717) is 0 Å². The van der Waals surface area contributed by atoms with Crippen LogP contribution in [0.15, 0.2) is 60.7 Å². The fourth-order valence-corrected chi connectivity index (χ4v) is 2.61. The molecule has 2 heteroatoms. The Kier molecular flexibility index (Phi) is 2.69. The van der Waals surface area contributed by atoms with Crippen LogP contribution in [0.2, 0.25) is 0 Å². The van der Waals surface area contributed by atoms with Gasteiger partial charge in [-0.25, -0.2) is 0 Å². The van der Waals surface area contributed by atoms with Crippen molar-refractivity contribution in [3.63, 3.8) is 0 Å². The van der Waals surface area contributed by atoms with Gasteiger partial charge in [-0.05, 0) is 18.2 Å². The lowest BCUT2D eigenvalue weighted by atomic mass is 9.83. The van der Waals surface area contributed by atoms with Crippen molar-refractivity contribution in [1.29, 1.82) is 0 Å². The van der Waals surface area contributed by atoms with Gasteiger partial charge in [0.15, 0.2) is 0 Å². The van der Waals surface area contributed by atoms with Crippen LogP contribution in [0, 0.1) is 0 Å². The first kappa shape index (κ1) is 11.5. The minimum absolute atomic E-state index is 0.169. The van der Waals surface area contributed by atoms with E-state index in [0.717, 1.165) is 17.7 Å². The molecule has 1 saturated heterocycles. The van der Waals surface area contributed by atoms with Gasteiger partial charge in [0.25, 0.3) is 0 Å². The normalized spacial score (nSPS) is 22.8. The van der Waals surface area contributed by atoms with Gasteiger partial charge in [-0.2, -0.15) is 0 Å². The van der Waals surface area contributed by atoms with E-state index in [1.165, 1.54) is 0 Å². The van der Waals surface area contributed by atoms with E-state index in [1.54, 1.807) is 0 Å². The molecule has 18 heavy (non-hydrogen) atoms. The quantitative estimate of drug-likeness (QED) is 0.830. The maximum atomic E-state index is 11.2. The van der Waals surface area contributed by atoms with Crippen LogP contribution in [-0.4, -0.2) is 29.6 Å². The van der Waals surface area contributed by atoms with Gasteiger partial charge in [-0.15, -0.1) is 0 Å². The average Bonchev–Trinajstić information content (AvgIpc) is 3.17. The number of rotatable bonds is 3. The summed E-state index contributed by atoms with van der Waals surface area (Å²) in [6.45, 7) is 0.931. The summed E-state index contributed by atoms with van der Waals surface area (Å²) in [6, 6.07) is 20.0. The zero-order chi connectivity index (χ0) is 12.6. The fourth-order valence-electron chi connectivity index (χ4n) is 2.61. The van der Waals surface area contributed by atoms with E-state index < -0.39 is 5.60 Å². The molecule has 0 radical (unpaired) electrons. The summed E-state index contributed by atoms with van der Waals surface area (Å²) in [5, 5.41) is 11.2. The van der Waals surface area contributed by atoms with Crippen molar-refractivity contribution in [2.24, 2.45) is 0 Å². The van der Waals surface area contributed by atoms with Gasteiger partial charge in [-0.1, -0.05) is 60.7 Å². The molecule has 0 amide bonds. The van der Waals surface area contributed by atoms with Crippen molar-refractivity contribution in [3.8, 4) is 0 Å². The number of aliphatic hydroxyl groups is 1. The highest BCUT2D eigenvalue weighted by Gasteiger charge is 2.50. The summed E-state index contributed by atoms with van der Waals surface area (Å²) >= 11 is 0. The number of benzene rings is 2. The van der Waals surface area contributed by atoms with Crippen LogP contribution < -0.4 is 0 Å². The molecule has 1 aliphatic rings. The molecule has 0 bridgehead atoms. The molecule has 0 spiro atoms. The Labute approximate surface area is 107 Å². The Morgan fingerprint density at radius 3 is 1.67 bits per heavy atom. The monoisotopic (exact) mass is 239 g/mol. The molecule has 2 atom stereocenters. The number of hydrogen-bond acceptors (Lipinski definition) is 2. The van der Waals surface area contributed by atoms with Crippen molar-refractivity contribution in [1.82, 2.24) is 4.90 Å². The Morgan fingerprint density at radius 1 is 0.944 bits per heavy atom. The summed E-state index contributed by atoms with van der Waals surface area (Å²) in [7, 11) is 2.04. The molecule has 1 unspecified atom stereocenters. The minimum Gasteiger partial charge on any atom is -0.379 e.